The van der Waals surface area contributed by atoms with Gasteiger partial charge in [-0.2, -0.15) is 0 Å². The van der Waals surface area contributed by atoms with Gasteiger partial charge in [0.05, 0.1) is 0 Å². The quantitative estimate of drug-likeness (QED) is 0.654. The zero-order chi connectivity index (χ0) is 17.6. The number of carbonyl (C=O) groups excluding carboxylic acids is 1. The maximum absolute atomic E-state index is 13.5. The van der Waals surface area contributed by atoms with Crippen molar-refractivity contribution in [3.05, 3.63) is 107 Å². The van der Waals surface area contributed by atoms with Crippen LogP contribution >= 0.6 is 0 Å². The van der Waals surface area contributed by atoms with Crippen LogP contribution in [0.15, 0.2) is 78.9 Å². The fraction of sp³-hybridized carbons (Fsp3) is 0.0952. The van der Waals surface area contributed by atoms with Gasteiger partial charge in [0, 0.05) is 18.7 Å². The van der Waals surface area contributed by atoms with Crippen LogP contribution in [0.1, 0.15) is 21.5 Å². The molecule has 0 aliphatic heterocycles. The second-order valence-electron chi connectivity index (χ2n) is 5.76. The van der Waals surface area contributed by atoms with Crippen molar-refractivity contribution in [3.63, 3.8) is 0 Å². The van der Waals surface area contributed by atoms with Crippen LogP contribution in [0, 0.1) is 11.6 Å². The largest absolute Gasteiger partial charge is 0.330 e. The molecule has 0 aromatic heterocycles. The van der Waals surface area contributed by atoms with Crippen LogP contribution in [0.3, 0.4) is 0 Å². The molecule has 0 N–H and O–H groups in total. The molecule has 0 radical (unpaired) electrons. The molecule has 0 saturated heterocycles. The SMILES string of the molecule is O=C(c1ccc(F)c(F)c1)N(Cc1ccccc1)Cc1ccccc1. The Morgan fingerprint density at radius 1 is 0.720 bits per heavy atom. The van der Waals surface area contributed by atoms with E-state index in [-0.39, 0.29) is 11.5 Å². The minimum Gasteiger partial charge on any atom is -0.330 e. The summed E-state index contributed by atoms with van der Waals surface area (Å²) >= 11 is 0. The Hall–Kier alpha value is -3.01. The summed E-state index contributed by atoms with van der Waals surface area (Å²) in [5, 5.41) is 0. The van der Waals surface area contributed by atoms with Crippen molar-refractivity contribution >= 4 is 5.91 Å². The molecule has 25 heavy (non-hydrogen) atoms. The highest BCUT2D eigenvalue weighted by Crippen LogP contribution is 2.16. The van der Waals surface area contributed by atoms with Crippen LogP contribution in [0.2, 0.25) is 0 Å². The Kier molecular flexibility index (Phi) is 5.19. The lowest BCUT2D eigenvalue weighted by Crippen LogP contribution is -2.30. The minimum atomic E-state index is -1.02. The third-order valence-electron chi connectivity index (χ3n) is 3.89. The summed E-state index contributed by atoms with van der Waals surface area (Å²) in [5.74, 6) is -2.33. The van der Waals surface area contributed by atoms with E-state index in [2.05, 4.69) is 0 Å². The number of nitrogens with zero attached hydrogens (tertiary/aromatic N) is 1. The van der Waals surface area contributed by atoms with Gasteiger partial charge in [-0.1, -0.05) is 60.7 Å². The smallest absolute Gasteiger partial charge is 0.254 e. The second-order valence-corrected chi connectivity index (χ2v) is 5.76. The fourth-order valence-electron chi connectivity index (χ4n) is 2.62. The van der Waals surface area contributed by atoms with Gasteiger partial charge in [-0.15, -0.1) is 0 Å². The first-order valence-electron chi connectivity index (χ1n) is 7.95. The van der Waals surface area contributed by atoms with Crippen LogP contribution in [0.4, 0.5) is 8.78 Å². The highest BCUT2D eigenvalue weighted by Gasteiger charge is 2.18. The molecule has 0 aliphatic rings. The van der Waals surface area contributed by atoms with Crippen LogP contribution in [-0.2, 0) is 13.1 Å². The van der Waals surface area contributed by atoms with Gasteiger partial charge in [0.15, 0.2) is 11.6 Å². The molecule has 0 fully saturated rings. The van der Waals surface area contributed by atoms with Crippen LogP contribution in [-0.4, -0.2) is 10.8 Å². The number of rotatable bonds is 5. The molecule has 3 rings (SSSR count). The van der Waals surface area contributed by atoms with E-state index in [0.717, 1.165) is 23.3 Å². The molecule has 0 atom stereocenters. The maximum atomic E-state index is 13.5. The van der Waals surface area contributed by atoms with Gasteiger partial charge in [-0.05, 0) is 29.3 Å². The summed E-state index contributed by atoms with van der Waals surface area (Å²) in [6, 6.07) is 22.4. The normalized spacial score (nSPS) is 10.5. The molecule has 0 unspecified atom stereocenters. The summed E-state index contributed by atoms with van der Waals surface area (Å²) in [4.78, 5) is 14.5. The fourth-order valence-corrected chi connectivity index (χ4v) is 2.62. The van der Waals surface area contributed by atoms with Crippen molar-refractivity contribution in [3.8, 4) is 0 Å². The molecule has 0 aliphatic carbocycles. The van der Waals surface area contributed by atoms with Crippen molar-refractivity contribution in [2.75, 3.05) is 0 Å². The van der Waals surface area contributed by atoms with Crippen molar-refractivity contribution in [1.82, 2.24) is 4.90 Å². The molecule has 0 saturated carbocycles. The summed E-state index contributed by atoms with van der Waals surface area (Å²) in [6.45, 7) is 0.765. The van der Waals surface area contributed by atoms with Gasteiger partial charge in [-0.3, -0.25) is 4.79 Å². The van der Waals surface area contributed by atoms with Crippen molar-refractivity contribution in [2.45, 2.75) is 13.1 Å². The molecule has 126 valence electrons. The Balaban J connectivity index is 1.88. The number of carbonyl (C=O) groups is 1. The van der Waals surface area contributed by atoms with E-state index in [0.29, 0.717) is 13.1 Å². The van der Waals surface area contributed by atoms with Crippen molar-refractivity contribution < 1.29 is 13.6 Å². The summed E-state index contributed by atoms with van der Waals surface area (Å²) < 4.78 is 26.7. The van der Waals surface area contributed by atoms with Crippen molar-refractivity contribution in [2.24, 2.45) is 0 Å². The Labute approximate surface area is 145 Å². The lowest BCUT2D eigenvalue weighted by molar-refractivity contribution is 0.0729. The molecule has 0 bridgehead atoms. The van der Waals surface area contributed by atoms with Crippen LogP contribution in [0.5, 0.6) is 0 Å². The van der Waals surface area contributed by atoms with E-state index in [1.54, 1.807) is 4.90 Å². The Bertz CT molecular complexity index is 809. The molecule has 3 aromatic rings. The van der Waals surface area contributed by atoms with Gasteiger partial charge in [0.2, 0.25) is 0 Å². The highest BCUT2D eigenvalue weighted by atomic mass is 19.2. The number of hydrogen-bond acceptors (Lipinski definition) is 1. The van der Waals surface area contributed by atoms with Gasteiger partial charge >= 0.3 is 0 Å². The molecule has 3 aromatic carbocycles. The number of benzene rings is 3. The predicted octanol–water partition coefficient (Wildman–Crippen LogP) is 4.81. The lowest BCUT2D eigenvalue weighted by atomic mass is 10.1. The second kappa shape index (κ2) is 7.71. The van der Waals surface area contributed by atoms with E-state index in [9.17, 15) is 13.6 Å². The number of amides is 1. The molecular formula is C21H17F2NO. The van der Waals surface area contributed by atoms with Gasteiger partial charge < -0.3 is 4.90 Å². The van der Waals surface area contributed by atoms with Crippen molar-refractivity contribution in [1.29, 1.82) is 0 Å². The zero-order valence-electron chi connectivity index (χ0n) is 13.5. The topological polar surface area (TPSA) is 20.3 Å². The average molecular weight is 337 g/mol. The van der Waals surface area contributed by atoms with E-state index in [1.807, 2.05) is 60.7 Å². The first-order chi connectivity index (χ1) is 12.1. The Morgan fingerprint density at radius 3 is 1.72 bits per heavy atom. The first-order valence-corrected chi connectivity index (χ1v) is 7.95. The first kappa shape index (κ1) is 16.8. The average Bonchev–Trinajstić information content (AvgIpc) is 2.64. The number of halogens is 2. The third-order valence-corrected chi connectivity index (χ3v) is 3.89. The van der Waals surface area contributed by atoms with Gasteiger partial charge in [-0.25, -0.2) is 8.78 Å². The standard InChI is InChI=1S/C21H17F2NO/c22-19-12-11-18(13-20(19)23)21(25)24(14-16-7-3-1-4-8-16)15-17-9-5-2-6-10-17/h1-13H,14-15H2. The maximum Gasteiger partial charge on any atom is 0.254 e. The number of hydrogen-bond donors (Lipinski definition) is 0. The molecular weight excluding hydrogens is 320 g/mol. The van der Waals surface area contributed by atoms with Gasteiger partial charge in [0.1, 0.15) is 0 Å². The van der Waals surface area contributed by atoms with Crippen LogP contribution < -0.4 is 0 Å². The summed E-state index contributed by atoms with van der Waals surface area (Å²) in [7, 11) is 0. The van der Waals surface area contributed by atoms with Crippen LogP contribution in [0.25, 0.3) is 0 Å². The molecule has 0 heterocycles. The third kappa shape index (κ3) is 4.29. The van der Waals surface area contributed by atoms with E-state index in [1.165, 1.54) is 6.07 Å². The summed E-state index contributed by atoms with van der Waals surface area (Å²) in [6.07, 6.45) is 0. The highest BCUT2D eigenvalue weighted by molar-refractivity contribution is 5.94. The molecule has 4 heteroatoms. The Morgan fingerprint density at radius 2 is 1.24 bits per heavy atom. The van der Waals surface area contributed by atoms with E-state index >= 15 is 0 Å². The monoisotopic (exact) mass is 337 g/mol. The summed E-state index contributed by atoms with van der Waals surface area (Å²) in [5.41, 5.74) is 2.06. The molecule has 2 nitrogen and oxygen atoms in total. The lowest BCUT2D eigenvalue weighted by Gasteiger charge is -2.23. The molecule has 0 spiro atoms. The minimum absolute atomic E-state index is 0.130. The molecule has 1 amide bonds. The van der Waals surface area contributed by atoms with Gasteiger partial charge in [0.25, 0.3) is 5.91 Å². The van der Waals surface area contributed by atoms with E-state index < -0.39 is 11.6 Å². The predicted molar refractivity (Wildman–Crippen MR) is 92.8 cm³/mol. The zero-order valence-corrected chi connectivity index (χ0v) is 13.5. The van der Waals surface area contributed by atoms with E-state index in [4.69, 9.17) is 0 Å².